The topological polar surface area (TPSA) is 158 Å². The SMILES string of the molecule is COc1ccc(S(=O)(=O)N2C(=O)[C@@](NC(=O)N3CC(N4CCC(N5CCCCC5)CC4)C3)(c3cccnc3OC)c3cc(C#N)ccc32)c(OC)c1. The van der Waals surface area contributed by atoms with Gasteiger partial charge in [-0.2, -0.15) is 9.57 Å². The number of methoxy groups -OCH3 is 3. The first-order chi connectivity index (χ1) is 25.2. The first-order valence-corrected chi connectivity index (χ1v) is 19.0. The average molecular weight is 730 g/mol. The number of carbonyl (C=O) groups excluding carboxylic acids is 2. The third-order valence-electron chi connectivity index (χ3n) is 10.9. The minimum atomic E-state index is -4.69. The highest BCUT2D eigenvalue weighted by Gasteiger charge is 2.59. The standard InChI is InChI=1S/C37H43N7O7S/c1-49-28-10-12-33(32(21-28)50-2)52(47,48)44-31-11-9-25(22-38)20-30(31)37(35(44)45,29-8-7-15-39-34(29)51-3)40-36(46)43-23-27(24-43)42-18-13-26(14-19-42)41-16-5-4-6-17-41/h7-12,15,20-21,26-27H,4-6,13-14,16-19,23-24H2,1-3H3,(H,40,46)/t37-/m1/s1. The third kappa shape index (κ3) is 5.98. The predicted molar refractivity (Wildman–Crippen MR) is 191 cm³/mol. The highest BCUT2D eigenvalue weighted by Crippen LogP contribution is 2.50. The Bertz CT molecular complexity index is 2000. The molecule has 5 heterocycles. The van der Waals surface area contributed by atoms with Crippen molar-refractivity contribution in [1.29, 1.82) is 5.26 Å². The van der Waals surface area contributed by atoms with Crippen LogP contribution in [0.15, 0.2) is 59.6 Å². The molecule has 4 aliphatic heterocycles. The summed E-state index contributed by atoms with van der Waals surface area (Å²) in [6.07, 6.45) is 7.51. The van der Waals surface area contributed by atoms with Crippen molar-refractivity contribution < 1.29 is 32.2 Å². The summed E-state index contributed by atoms with van der Waals surface area (Å²) in [5.41, 5.74) is -1.81. The second kappa shape index (κ2) is 14.3. The van der Waals surface area contributed by atoms with E-state index in [1.54, 1.807) is 17.0 Å². The van der Waals surface area contributed by atoms with Crippen LogP contribution in [0.4, 0.5) is 10.5 Å². The van der Waals surface area contributed by atoms with Gasteiger partial charge in [0.2, 0.25) is 5.88 Å². The number of pyridine rings is 1. The highest BCUT2D eigenvalue weighted by molar-refractivity contribution is 7.93. The van der Waals surface area contributed by atoms with Crippen molar-refractivity contribution in [2.75, 3.05) is 64.9 Å². The number of anilines is 1. The summed E-state index contributed by atoms with van der Waals surface area (Å²) in [6, 6.07) is 13.8. The molecule has 0 unspecified atom stereocenters. The summed E-state index contributed by atoms with van der Waals surface area (Å²) >= 11 is 0. The number of carbonyl (C=O) groups is 2. The van der Waals surface area contributed by atoms with Gasteiger partial charge < -0.3 is 29.3 Å². The van der Waals surface area contributed by atoms with Crippen LogP contribution in [0.5, 0.6) is 17.4 Å². The normalized spacial score (nSPS) is 21.6. The number of nitrogens with zero attached hydrogens (tertiary/aromatic N) is 6. The maximum Gasteiger partial charge on any atom is 0.318 e. The first-order valence-electron chi connectivity index (χ1n) is 17.6. The molecule has 3 fully saturated rings. The van der Waals surface area contributed by atoms with Gasteiger partial charge in [-0.1, -0.05) is 6.42 Å². The van der Waals surface area contributed by atoms with E-state index in [-0.39, 0.29) is 44.9 Å². The van der Waals surface area contributed by atoms with E-state index in [0.29, 0.717) is 29.2 Å². The molecule has 0 saturated carbocycles. The number of fused-ring (bicyclic) bond motifs is 1. The van der Waals surface area contributed by atoms with Crippen molar-refractivity contribution in [1.82, 2.24) is 25.0 Å². The average Bonchev–Trinajstić information content (AvgIpc) is 3.41. The number of benzene rings is 2. The maximum absolute atomic E-state index is 15.1. The molecule has 274 valence electrons. The minimum absolute atomic E-state index is 0.00352. The summed E-state index contributed by atoms with van der Waals surface area (Å²) in [4.78, 5) is 40.1. The van der Waals surface area contributed by atoms with E-state index in [1.807, 2.05) is 0 Å². The van der Waals surface area contributed by atoms with Gasteiger partial charge in [-0.15, -0.1) is 0 Å². The van der Waals surface area contributed by atoms with Crippen molar-refractivity contribution in [2.24, 2.45) is 0 Å². The molecule has 52 heavy (non-hydrogen) atoms. The molecule has 0 aliphatic carbocycles. The molecule has 0 radical (unpaired) electrons. The number of likely N-dealkylation sites (tertiary alicyclic amines) is 3. The van der Waals surface area contributed by atoms with E-state index in [0.717, 1.165) is 25.9 Å². The van der Waals surface area contributed by atoms with Gasteiger partial charge >= 0.3 is 6.03 Å². The second-order valence-corrected chi connectivity index (χ2v) is 15.4. The number of nitrogens with one attached hydrogen (secondary N) is 1. The minimum Gasteiger partial charge on any atom is -0.497 e. The molecule has 1 N–H and O–H groups in total. The number of urea groups is 1. The Labute approximate surface area is 303 Å². The van der Waals surface area contributed by atoms with Crippen LogP contribution in [-0.4, -0.2) is 113 Å². The number of piperidine rings is 2. The molecule has 0 spiro atoms. The summed E-state index contributed by atoms with van der Waals surface area (Å²) < 4.78 is 46.1. The van der Waals surface area contributed by atoms with Gasteiger partial charge in [0.25, 0.3) is 15.9 Å². The molecular formula is C37H43N7O7S. The van der Waals surface area contributed by atoms with E-state index in [2.05, 4.69) is 26.2 Å². The Morgan fingerprint density at radius 1 is 0.904 bits per heavy atom. The van der Waals surface area contributed by atoms with Crippen LogP contribution in [0, 0.1) is 11.3 Å². The molecule has 3 saturated heterocycles. The fourth-order valence-corrected chi connectivity index (χ4v) is 9.67. The molecular weight excluding hydrogens is 687 g/mol. The Morgan fingerprint density at radius 3 is 2.31 bits per heavy atom. The fraction of sp³-hybridized carbons (Fsp3) is 0.459. The lowest BCUT2D eigenvalue weighted by molar-refractivity contribution is -0.121. The van der Waals surface area contributed by atoms with Gasteiger partial charge in [0.05, 0.1) is 44.2 Å². The van der Waals surface area contributed by atoms with Gasteiger partial charge in [0.15, 0.2) is 5.54 Å². The molecule has 0 bridgehead atoms. The van der Waals surface area contributed by atoms with Gasteiger partial charge in [-0.05, 0) is 81.2 Å². The van der Waals surface area contributed by atoms with Crippen molar-refractivity contribution in [3.05, 3.63) is 71.4 Å². The van der Waals surface area contributed by atoms with Crippen molar-refractivity contribution in [2.45, 2.75) is 54.6 Å². The molecule has 3 aromatic rings. The summed E-state index contributed by atoms with van der Waals surface area (Å²) in [7, 11) is -0.561. The number of hydrogen-bond donors (Lipinski definition) is 1. The zero-order valence-electron chi connectivity index (χ0n) is 29.6. The molecule has 15 heteroatoms. The largest absolute Gasteiger partial charge is 0.497 e. The van der Waals surface area contributed by atoms with Crippen LogP contribution in [0.3, 0.4) is 0 Å². The molecule has 7 rings (SSSR count). The molecule has 3 amide bonds. The van der Waals surface area contributed by atoms with Crippen LogP contribution in [-0.2, 0) is 20.4 Å². The number of rotatable bonds is 9. The highest BCUT2D eigenvalue weighted by atomic mass is 32.2. The lowest BCUT2D eigenvalue weighted by atomic mass is 9.83. The molecule has 4 aliphatic rings. The number of ether oxygens (including phenoxy) is 3. The van der Waals surface area contributed by atoms with E-state index < -0.39 is 27.5 Å². The van der Waals surface area contributed by atoms with Crippen molar-refractivity contribution in [3.63, 3.8) is 0 Å². The monoisotopic (exact) mass is 729 g/mol. The third-order valence-corrected chi connectivity index (χ3v) is 12.6. The quantitative estimate of drug-likeness (QED) is 0.345. The zero-order chi connectivity index (χ0) is 36.6. The lowest BCUT2D eigenvalue weighted by Gasteiger charge is -2.49. The van der Waals surface area contributed by atoms with Crippen molar-refractivity contribution in [3.8, 4) is 23.4 Å². The Balaban J connectivity index is 1.22. The summed E-state index contributed by atoms with van der Waals surface area (Å²) in [5.74, 6) is -0.686. The number of hydrogen-bond acceptors (Lipinski definition) is 11. The smallest absolute Gasteiger partial charge is 0.318 e. The predicted octanol–water partition coefficient (Wildman–Crippen LogP) is 3.30. The van der Waals surface area contributed by atoms with E-state index in [4.69, 9.17) is 14.2 Å². The van der Waals surface area contributed by atoms with Gasteiger partial charge in [-0.3, -0.25) is 9.69 Å². The Morgan fingerprint density at radius 2 is 1.63 bits per heavy atom. The Hall–Kier alpha value is -4.91. The van der Waals surface area contributed by atoms with Gasteiger partial charge in [0, 0.05) is 56.1 Å². The van der Waals surface area contributed by atoms with Gasteiger partial charge in [0.1, 0.15) is 16.4 Å². The summed E-state index contributed by atoms with van der Waals surface area (Å²) in [6.45, 7) is 5.17. The first kappa shape index (κ1) is 35.5. The molecule has 1 atom stereocenters. The Kier molecular flexibility index (Phi) is 9.73. The maximum atomic E-state index is 15.1. The fourth-order valence-electron chi connectivity index (χ4n) is 8.06. The van der Waals surface area contributed by atoms with Gasteiger partial charge in [-0.25, -0.2) is 18.2 Å². The number of aromatic nitrogens is 1. The van der Waals surface area contributed by atoms with Crippen LogP contribution in [0.1, 0.15) is 48.8 Å². The van der Waals surface area contributed by atoms with Crippen molar-refractivity contribution >= 4 is 27.6 Å². The van der Waals surface area contributed by atoms with Crippen LogP contribution in [0.25, 0.3) is 0 Å². The van der Waals surface area contributed by atoms with Crippen LogP contribution >= 0.6 is 0 Å². The molecule has 1 aromatic heterocycles. The lowest BCUT2D eigenvalue weighted by Crippen LogP contribution is -2.67. The van der Waals surface area contributed by atoms with Crippen LogP contribution in [0.2, 0.25) is 0 Å². The second-order valence-electron chi connectivity index (χ2n) is 13.6. The van der Waals surface area contributed by atoms with E-state index >= 15 is 4.79 Å². The van der Waals surface area contributed by atoms with Crippen LogP contribution < -0.4 is 23.8 Å². The van der Waals surface area contributed by atoms with E-state index in [1.165, 1.54) is 96.3 Å². The zero-order valence-corrected chi connectivity index (χ0v) is 30.4. The number of sulfonamides is 1. The number of nitriles is 1. The number of amides is 3. The molecule has 2 aromatic carbocycles. The summed E-state index contributed by atoms with van der Waals surface area (Å²) in [5, 5.41) is 12.9. The molecule has 14 nitrogen and oxygen atoms in total. The van der Waals surface area contributed by atoms with E-state index in [9.17, 15) is 18.5 Å².